The first-order valence-electron chi connectivity index (χ1n) is 8.15. The first-order valence-corrected chi connectivity index (χ1v) is 8.90. The van der Waals surface area contributed by atoms with E-state index in [9.17, 15) is 4.79 Å². The molecule has 1 fully saturated rings. The zero-order valence-corrected chi connectivity index (χ0v) is 15.6. The SMILES string of the molecule is CC(C)(C)NC(=O)N1CCC(c2nc3cc(Cl)c(Cl)cc3[nH]2)CC1. The Morgan fingerprint density at radius 1 is 1.25 bits per heavy atom. The van der Waals surface area contributed by atoms with Gasteiger partial charge in [-0.3, -0.25) is 0 Å². The highest BCUT2D eigenvalue weighted by Gasteiger charge is 2.27. The van der Waals surface area contributed by atoms with Crippen LogP contribution in [0.5, 0.6) is 0 Å². The van der Waals surface area contributed by atoms with E-state index in [1.54, 1.807) is 6.07 Å². The van der Waals surface area contributed by atoms with E-state index in [0.717, 1.165) is 42.8 Å². The molecular formula is C17H22Cl2N4O. The number of aromatic nitrogens is 2. The Balaban J connectivity index is 1.67. The molecule has 2 amide bonds. The number of likely N-dealkylation sites (tertiary alicyclic amines) is 1. The van der Waals surface area contributed by atoms with E-state index in [0.29, 0.717) is 16.0 Å². The molecule has 0 bridgehead atoms. The van der Waals surface area contributed by atoms with E-state index >= 15 is 0 Å². The van der Waals surface area contributed by atoms with Crippen molar-refractivity contribution in [1.82, 2.24) is 20.2 Å². The van der Waals surface area contributed by atoms with Gasteiger partial charge < -0.3 is 15.2 Å². The van der Waals surface area contributed by atoms with E-state index in [2.05, 4.69) is 15.3 Å². The molecule has 1 aliphatic rings. The summed E-state index contributed by atoms with van der Waals surface area (Å²) in [5, 5.41) is 4.04. The average Bonchev–Trinajstić information content (AvgIpc) is 2.89. The second kappa shape index (κ2) is 6.45. The van der Waals surface area contributed by atoms with Crippen LogP contribution < -0.4 is 5.32 Å². The molecule has 7 heteroatoms. The summed E-state index contributed by atoms with van der Waals surface area (Å²) in [6, 6.07) is 3.59. The minimum atomic E-state index is -0.217. The van der Waals surface area contributed by atoms with Crippen molar-refractivity contribution in [3.05, 3.63) is 28.0 Å². The number of benzene rings is 1. The Morgan fingerprint density at radius 3 is 2.50 bits per heavy atom. The van der Waals surface area contributed by atoms with Gasteiger partial charge in [0, 0.05) is 24.5 Å². The smallest absolute Gasteiger partial charge is 0.317 e. The molecule has 1 aliphatic heterocycles. The lowest BCUT2D eigenvalue weighted by molar-refractivity contribution is 0.172. The highest BCUT2D eigenvalue weighted by Crippen LogP contribution is 2.31. The van der Waals surface area contributed by atoms with Crippen LogP contribution in [0.4, 0.5) is 4.79 Å². The number of amides is 2. The molecule has 0 atom stereocenters. The summed E-state index contributed by atoms with van der Waals surface area (Å²) in [7, 11) is 0. The quantitative estimate of drug-likeness (QED) is 0.774. The number of aromatic amines is 1. The van der Waals surface area contributed by atoms with Crippen molar-refractivity contribution >= 4 is 40.3 Å². The molecule has 1 aromatic carbocycles. The zero-order chi connectivity index (χ0) is 17.5. The normalized spacial score (nSPS) is 16.6. The molecule has 0 aliphatic carbocycles. The van der Waals surface area contributed by atoms with Crippen LogP contribution in [0.15, 0.2) is 12.1 Å². The first kappa shape index (κ1) is 17.4. The third-order valence-corrected chi connectivity index (χ3v) is 4.92. The Kier molecular flexibility index (Phi) is 4.67. The topological polar surface area (TPSA) is 61.0 Å². The van der Waals surface area contributed by atoms with Gasteiger partial charge in [0.05, 0.1) is 21.1 Å². The van der Waals surface area contributed by atoms with Gasteiger partial charge in [0.15, 0.2) is 0 Å². The summed E-state index contributed by atoms with van der Waals surface area (Å²) in [6.45, 7) is 7.42. The minimum Gasteiger partial charge on any atom is -0.342 e. The van der Waals surface area contributed by atoms with Gasteiger partial charge in [-0.2, -0.15) is 0 Å². The van der Waals surface area contributed by atoms with Crippen LogP contribution in [0, 0.1) is 0 Å². The van der Waals surface area contributed by atoms with E-state index in [1.807, 2.05) is 31.7 Å². The van der Waals surface area contributed by atoms with Crippen LogP contribution in [-0.2, 0) is 0 Å². The van der Waals surface area contributed by atoms with E-state index < -0.39 is 0 Å². The first-order chi connectivity index (χ1) is 11.2. The predicted molar refractivity (Wildman–Crippen MR) is 97.9 cm³/mol. The maximum atomic E-state index is 12.2. The molecule has 0 spiro atoms. The summed E-state index contributed by atoms with van der Waals surface area (Å²) in [5.74, 6) is 1.26. The molecule has 24 heavy (non-hydrogen) atoms. The summed E-state index contributed by atoms with van der Waals surface area (Å²) < 4.78 is 0. The number of fused-ring (bicyclic) bond motifs is 1. The Hall–Kier alpha value is -1.46. The van der Waals surface area contributed by atoms with Gasteiger partial charge in [-0.05, 0) is 45.7 Å². The number of carbonyl (C=O) groups excluding carboxylic acids is 1. The summed E-state index contributed by atoms with van der Waals surface area (Å²) in [4.78, 5) is 22.1. The van der Waals surface area contributed by atoms with Crippen LogP contribution in [0.3, 0.4) is 0 Å². The van der Waals surface area contributed by atoms with Gasteiger partial charge in [0.25, 0.3) is 0 Å². The number of imidazole rings is 1. The van der Waals surface area contributed by atoms with E-state index in [4.69, 9.17) is 23.2 Å². The predicted octanol–water partition coefficient (Wildman–Crippen LogP) is 4.56. The summed E-state index contributed by atoms with van der Waals surface area (Å²) >= 11 is 12.1. The molecule has 0 saturated carbocycles. The lowest BCUT2D eigenvalue weighted by Crippen LogP contribution is -2.50. The summed E-state index contributed by atoms with van der Waals surface area (Å²) in [6.07, 6.45) is 1.78. The molecule has 2 heterocycles. The molecule has 130 valence electrons. The van der Waals surface area contributed by atoms with Gasteiger partial charge in [-0.1, -0.05) is 23.2 Å². The second-order valence-electron chi connectivity index (χ2n) is 7.35. The van der Waals surface area contributed by atoms with Gasteiger partial charge in [-0.15, -0.1) is 0 Å². The molecule has 1 aromatic heterocycles. The van der Waals surface area contributed by atoms with Crippen molar-refractivity contribution in [3.63, 3.8) is 0 Å². The number of hydrogen-bond donors (Lipinski definition) is 2. The fraction of sp³-hybridized carbons (Fsp3) is 0.529. The van der Waals surface area contributed by atoms with Gasteiger partial charge >= 0.3 is 6.03 Å². The zero-order valence-electron chi connectivity index (χ0n) is 14.1. The summed E-state index contributed by atoms with van der Waals surface area (Å²) in [5.41, 5.74) is 1.50. The Labute approximate surface area is 151 Å². The fourth-order valence-corrected chi connectivity index (χ4v) is 3.30. The second-order valence-corrected chi connectivity index (χ2v) is 8.16. The van der Waals surface area contributed by atoms with Crippen LogP contribution in [0.1, 0.15) is 45.4 Å². The van der Waals surface area contributed by atoms with Crippen LogP contribution in [-0.4, -0.2) is 39.5 Å². The van der Waals surface area contributed by atoms with Crippen molar-refractivity contribution in [2.45, 2.75) is 45.1 Å². The number of rotatable bonds is 1. The van der Waals surface area contributed by atoms with Crippen molar-refractivity contribution in [2.75, 3.05) is 13.1 Å². The van der Waals surface area contributed by atoms with Gasteiger partial charge in [0.1, 0.15) is 5.82 Å². The number of halogens is 2. The number of hydrogen-bond acceptors (Lipinski definition) is 2. The molecular weight excluding hydrogens is 347 g/mol. The fourth-order valence-electron chi connectivity index (χ4n) is 2.97. The lowest BCUT2D eigenvalue weighted by Gasteiger charge is -2.33. The van der Waals surface area contributed by atoms with Crippen LogP contribution >= 0.6 is 23.2 Å². The number of nitrogens with one attached hydrogen (secondary N) is 2. The molecule has 0 radical (unpaired) electrons. The Bertz CT molecular complexity index is 719. The largest absolute Gasteiger partial charge is 0.342 e. The van der Waals surface area contributed by atoms with Crippen molar-refractivity contribution in [1.29, 1.82) is 0 Å². The van der Waals surface area contributed by atoms with E-state index in [1.165, 1.54) is 0 Å². The number of nitrogens with zero attached hydrogens (tertiary/aromatic N) is 2. The van der Waals surface area contributed by atoms with Gasteiger partial charge in [0.2, 0.25) is 0 Å². The Morgan fingerprint density at radius 2 is 1.88 bits per heavy atom. The van der Waals surface area contributed by atoms with Crippen molar-refractivity contribution < 1.29 is 4.79 Å². The molecule has 3 rings (SSSR count). The third-order valence-electron chi connectivity index (χ3n) is 4.19. The van der Waals surface area contributed by atoms with Crippen LogP contribution in [0.25, 0.3) is 11.0 Å². The number of urea groups is 1. The van der Waals surface area contributed by atoms with Crippen LogP contribution in [0.2, 0.25) is 10.0 Å². The molecule has 2 aromatic rings. The standard InChI is InChI=1S/C17H22Cl2N4O/c1-17(2,3)22-16(24)23-6-4-10(5-7-23)15-20-13-8-11(18)12(19)9-14(13)21-15/h8-10H,4-7H2,1-3H3,(H,20,21)(H,22,24). The number of piperidine rings is 1. The maximum absolute atomic E-state index is 12.2. The molecule has 5 nitrogen and oxygen atoms in total. The highest BCUT2D eigenvalue weighted by atomic mass is 35.5. The monoisotopic (exact) mass is 368 g/mol. The molecule has 2 N–H and O–H groups in total. The van der Waals surface area contributed by atoms with E-state index in [-0.39, 0.29) is 11.6 Å². The number of carbonyl (C=O) groups is 1. The molecule has 0 unspecified atom stereocenters. The van der Waals surface area contributed by atoms with Crippen molar-refractivity contribution in [3.8, 4) is 0 Å². The average molecular weight is 369 g/mol. The lowest BCUT2D eigenvalue weighted by atomic mass is 9.96. The molecule has 1 saturated heterocycles. The van der Waals surface area contributed by atoms with Gasteiger partial charge in [-0.25, -0.2) is 9.78 Å². The highest BCUT2D eigenvalue weighted by molar-refractivity contribution is 6.42. The number of H-pyrrole nitrogens is 1. The minimum absolute atomic E-state index is 0.00381. The maximum Gasteiger partial charge on any atom is 0.317 e. The van der Waals surface area contributed by atoms with Crippen molar-refractivity contribution in [2.24, 2.45) is 0 Å². The third kappa shape index (κ3) is 3.78.